The van der Waals surface area contributed by atoms with Gasteiger partial charge in [0.15, 0.2) is 5.65 Å². The summed E-state index contributed by atoms with van der Waals surface area (Å²) in [5, 5.41) is 0. The lowest BCUT2D eigenvalue weighted by molar-refractivity contribution is 0.273. The largest absolute Gasteiger partial charge is 0.369 e. The summed E-state index contributed by atoms with van der Waals surface area (Å²) in [5.74, 6) is 1.13. The van der Waals surface area contributed by atoms with Crippen LogP contribution in [0.1, 0.15) is 25.3 Å². The molecular formula is C15H23N5. The van der Waals surface area contributed by atoms with Crippen molar-refractivity contribution in [2.24, 2.45) is 5.92 Å². The molecule has 0 saturated carbocycles. The standard InChI is InChI=1S/C15H23N5/c1-11(9-19-7-3-4-8-19)10-20-14-13(18-15(20)16)12(2)5-6-17-14/h5-6,11H,3-4,7-10H2,1-2H3,(H2,16,18). The maximum absolute atomic E-state index is 6.08. The number of imidazole rings is 1. The van der Waals surface area contributed by atoms with Crippen LogP contribution in [0.2, 0.25) is 0 Å². The molecule has 1 saturated heterocycles. The molecule has 0 radical (unpaired) electrons. The van der Waals surface area contributed by atoms with Crippen molar-refractivity contribution in [3.8, 4) is 0 Å². The SMILES string of the molecule is Cc1ccnc2c1nc(N)n2CC(C)CN1CCCC1. The van der Waals surface area contributed by atoms with E-state index in [0.29, 0.717) is 11.9 Å². The number of aryl methyl sites for hydroxylation is 1. The molecule has 0 bridgehead atoms. The zero-order chi connectivity index (χ0) is 14.1. The molecule has 2 N–H and O–H groups in total. The van der Waals surface area contributed by atoms with Crippen LogP contribution in [0, 0.1) is 12.8 Å². The lowest BCUT2D eigenvalue weighted by Crippen LogP contribution is -2.27. The molecular weight excluding hydrogens is 250 g/mol. The van der Waals surface area contributed by atoms with Crippen molar-refractivity contribution in [2.45, 2.75) is 33.2 Å². The minimum atomic E-state index is 0.551. The number of anilines is 1. The van der Waals surface area contributed by atoms with Gasteiger partial charge in [-0.1, -0.05) is 6.92 Å². The average Bonchev–Trinajstić information content (AvgIpc) is 3.01. The second-order valence-electron chi connectivity index (χ2n) is 5.99. The zero-order valence-electron chi connectivity index (χ0n) is 12.3. The Balaban J connectivity index is 1.79. The third kappa shape index (κ3) is 2.50. The highest BCUT2D eigenvalue weighted by atomic mass is 15.2. The highest BCUT2D eigenvalue weighted by Crippen LogP contribution is 2.21. The van der Waals surface area contributed by atoms with Gasteiger partial charge in [0.2, 0.25) is 5.95 Å². The van der Waals surface area contributed by atoms with Gasteiger partial charge in [-0.25, -0.2) is 9.97 Å². The van der Waals surface area contributed by atoms with Crippen LogP contribution < -0.4 is 5.73 Å². The number of pyridine rings is 1. The van der Waals surface area contributed by atoms with Crippen LogP contribution in [0.4, 0.5) is 5.95 Å². The van der Waals surface area contributed by atoms with Gasteiger partial charge in [-0.15, -0.1) is 0 Å². The van der Waals surface area contributed by atoms with Crippen molar-refractivity contribution >= 4 is 17.1 Å². The normalized spacial score (nSPS) is 17.9. The monoisotopic (exact) mass is 273 g/mol. The average molecular weight is 273 g/mol. The Morgan fingerprint density at radius 3 is 2.80 bits per heavy atom. The second-order valence-corrected chi connectivity index (χ2v) is 5.99. The van der Waals surface area contributed by atoms with Crippen molar-refractivity contribution < 1.29 is 0 Å². The quantitative estimate of drug-likeness (QED) is 0.926. The first-order chi connectivity index (χ1) is 9.65. The summed E-state index contributed by atoms with van der Waals surface area (Å²) in [6.07, 6.45) is 4.51. The highest BCUT2D eigenvalue weighted by molar-refractivity contribution is 5.77. The number of likely N-dealkylation sites (tertiary alicyclic amines) is 1. The first-order valence-electron chi connectivity index (χ1n) is 7.45. The number of nitrogens with zero attached hydrogens (tertiary/aromatic N) is 4. The molecule has 1 fully saturated rings. The van der Waals surface area contributed by atoms with E-state index in [1.807, 2.05) is 12.3 Å². The molecule has 0 aromatic carbocycles. The fourth-order valence-corrected chi connectivity index (χ4v) is 3.11. The van der Waals surface area contributed by atoms with Gasteiger partial charge >= 0.3 is 0 Å². The topological polar surface area (TPSA) is 60.0 Å². The summed E-state index contributed by atoms with van der Waals surface area (Å²) in [6, 6.07) is 1.98. The van der Waals surface area contributed by atoms with Gasteiger partial charge in [-0.3, -0.25) is 4.57 Å². The molecule has 2 aromatic rings. The third-order valence-electron chi connectivity index (χ3n) is 4.13. The van der Waals surface area contributed by atoms with Crippen LogP contribution in [0.15, 0.2) is 12.3 Å². The summed E-state index contributed by atoms with van der Waals surface area (Å²) in [4.78, 5) is 11.5. The van der Waals surface area contributed by atoms with Crippen LogP contribution in [-0.2, 0) is 6.54 Å². The first-order valence-corrected chi connectivity index (χ1v) is 7.45. The molecule has 20 heavy (non-hydrogen) atoms. The maximum Gasteiger partial charge on any atom is 0.202 e. The van der Waals surface area contributed by atoms with Crippen LogP contribution in [-0.4, -0.2) is 39.1 Å². The van der Waals surface area contributed by atoms with Gasteiger partial charge in [0.25, 0.3) is 0 Å². The number of hydrogen-bond acceptors (Lipinski definition) is 4. The van der Waals surface area contributed by atoms with Gasteiger partial charge in [0.05, 0.1) is 0 Å². The molecule has 2 aromatic heterocycles. The number of nitrogen functional groups attached to an aromatic ring is 1. The Morgan fingerprint density at radius 1 is 1.30 bits per heavy atom. The van der Waals surface area contributed by atoms with E-state index >= 15 is 0 Å². The van der Waals surface area contributed by atoms with E-state index in [0.717, 1.165) is 29.8 Å². The Morgan fingerprint density at radius 2 is 2.05 bits per heavy atom. The van der Waals surface area contributed by atoms with Crippen LogP contribution in [0.25, 0.3) is 11.2 Å². The minimum Gasteiger partial charge on any atom is -0.369 e. The molecule has 108 valence electrons. The Hall–Kier alpha value is -1.62. The molecule has 1 aliphatic rings. The number of aromatic nitrogens is 3. The van der Waals surface area contributed by atoms with Crippen LogP contribution >= 0.6 is 0 Å². The minimum absolute atomic E-state index is 0.551. The fourth-order valence-electron chi connectivity index (χ4n) is 3.11. The molecule has 5 heteroatoms. The van der Waals surface area contributed by atoms with Gasteiger partial charge in [-0.05, 0) is 50.4 Å². The smallest absolute Gasteiger partial charge is 0.202 e. The van der Waals surface area contributed by atoms with E-state index in [1.165, 1.54) is 25.9 Å². The van der Waals surface area contributed by atoms with Gasteiger partial charge in [0, 0.05) is 19.3 Å². The zero-order valence-corrected chi connectivity index (χ0v) is 12.3. The number of rotatable bonds is 4. The third-order valence-corrected chi connectivity index (χ3v) is 4.13. The van der Waals surface area contributed by atoms with E-state index < -0.39 is 0 Å². The van der Waals surface area contributed by atoms with E-state index in [2.05, 4.69) is 33.3 Å². The van der Waals surface area contributed by atoms with E-state index in [-0.39, 0.29) is 0 Å². The number of fused-ring (bicyclic) bond motifs is 1. The molecule has 0 aliphatic carbocycles. The van der Waals surface area contributed by atoms with Gasteiger partial charge in [-0.2, -0.15) is 0 Å². The van der Waals surface area contributed by atoms with E-state index in [9.17, 15) is 0 Å². The van der Waals surface area contributed by atoms with Crippen molar-refractivity contribution in [1.29, 1.82) is 0 Å². The van der Waals surface area contributed by atoms with Crippen molar-refractivity contribution in [3.05, 3.63) is 17.8 Å². The van der Waals surface area contributed by atoms with E-state index in [1.54, 1.807) is 0 Å². The van der Waals surface area contributed by atoms with Crippen LogP contribution in [0.3, 0.4) is 0 Å². The van der Waals surface area contributed by atoms with Crippen molar-refractivity contribution in [3.63, 3.8) is 0 Å². The lowest BCUT2D eigenvalue weighted by atomic mass is 10.1. The van der Waals surface area contributed by atoms with Crippen molar-refractivity contribution in [2.75, 3.05) is 25.4 Å². The Bertz CT molecular complexity index is 598. The molecule has 5 nitrogen and oxygen atoms in total. The fraction of sp³-hybridized carbons (Fsp3) is 0.600. The Labute approximate surface area is 119 Å². The predicted octanol–water partition coefficient (Wildman–Crippen LogP) is 2.05. The lowest BCUT2D eigenvalue weighted by Gasteiger charge is -2.21. The van der Waals surface area contributed by atoms with Crippen LogP contribution in [0.5, 0.6) is 0 Å². The summed E-state index contributed by atoms with van der Waals surface area (Å²) < 4.78 is 2.06. The molecule has 3 rings (SSSR count). The summed E-state index contributed by atoms with van der Waals surface area (Å²) >= 11 is 0. The highest BCUT2D eigenvalue weighted by Gasteiger charge is 2.17. The molecule has 1 aliphatic heterocycles. The molecule has 1 atom stereocenters. The molecule has 1 unspecified atom stereocenters. The summed E-state index contributed by atoms with van der Waals surface area (Å²) in [7, 11) is 0. The molecule has 3 heterocycles. The van der Waals surface area contributed by atoms with E-state index in [4.69, 9.17) is 5.73 Å². The first kappa shape index (κ1) is 13.4. The van der Waals surface area contributed by atoms with Crippen molar-refractivity contribution in [1.82, 2.24) is 19.4 Å². The number of hydrogen-bond donors (Lipinski definition) is 1. The summed E-state index contributed by atoms with van der Waals surface area (Å²) in [5.41, 5.74) is 9.05. The molecule has 0 spiro atoms. The predicted molar refractivity (Wildman–Crippen MR) is 81.5 cm³/mol. The number of nitrogens with two attached hydrogens (primary N) is 1. The Kier molecular flexibility index (Phi) is 3.61. The second kappa shape index (κ2) is 5.40. The maximum atomic E-state index is 6.08. The van der Waals surface area contributed by atoms with Gasteiger partial charge in [0.1, 0.15) is 5.52 Å². The summed E-state index contributed by atoms with van der Waals surface area (Å²) in [6.45, 7) is 8.82. The molecule has 0 amide bonds. The van der Waals surface area contributed by atoms with Gasteiger partial charge < -0.3 is 10.6 Å².